The standard InChI is InChI=1S/C20H15Cl3N4O/c1-11-6-13(20-25-9-18(23)27(20)2)12-4-3-5-17(19(12)26-11)28-10-14-15(21)7-24-8-16(14)22/h3-9H,10H2,1-2H3. The summed E-state index contributed by atoms with van der Waals surface area (Å²) in [4.78, 5) is 13.1. The minimum absolute atomic E-state index is 0.207. The van der Waals surface area contributed by atoms with Crippen LogP contribution in [0, 0.1) is 6.92 Å². The number of nitrogens with zero attached hydrogens (tertiary/aromatic N) is 4. The summed E-state index contributed by atoms with van der Waals surface area (Å²) >= 11 is 18.6. The van der Waals surface area contributed by atoms with E-state index in [0.29, 0.717) is 26.5 Å². The Morgan fingerprint density at radius 1 is 1.07 bits per heavy atom. The van der Waals surface area contributed by atoms with Gasteiger partial charge in [-0.25, -0.2) is 9.97 Å². The first kappa shape index (κ1) is 19.0. The van der Waals surface area contributed by atoms with Crippen molar-refractivity contribution in [1.29, 1.82) is 0 Å². The molecule has 28 heavy (non-hydrogen) atoms. The first-order valence-corrected chi connectivity index (χ1v) is 9.57. The van der Waals surface area contributed by atoms with Gasteiger partial charge in [0.2, 0.25) is 0 Å². The molecule has 8 heteroatoms. The smallest absolute Gasteiger partial charge is 0.146 e. The molecule has 0 amide bonds. The van der Waals surface area contributed by atoms with Crippen LogP contribution in [0.2, 0.25) is 15.2 Å². The van der Waals surface area contributed by atoms with Crippen LogP contribution < -0.4 is 4.74 Å². The van der Waals surface area contributed by atoms with Gasteiger partial charge in [0.1, 0.15) is 28.9 Å². The Bertz CT molecular complexity index is 1170. The zero-order valence-corrected chi connectivity index (χ0v) is 17.3. The summed E-state index contributed by atoms with van der Waals surface area (Å²) in [5.41, 5.74) is 3.19. The fourth-order valence-electron chi connectivity index (χ4n) is 3.02. The molecule has 1 aromatic carbocycles. The van der Waals surface area contributed by atoms with E-state index < -0.39 is 0 Å². The summed E-state index contributed by atoms with van der Waals surface area (Å²) in [7, 11) is 1.88. The van der Waals surface area contributed by atoms with Gasteiger partial charge in [0.15, 0.2) is 0 Å². The largest absolute Gasteiger partial charge is 0.487 e. The molecular formula is C20H15Cl3N4O. The van der Waals surface area contributed by atoms with Gasteiger partial charge in [-0.05, 0) is 19.1 Å². The van der Waals surface area contributed by atoms with Crippen LogP contribution in [0.25, 0.3) is 22.3 Å². The van der Waals surface area contributed by atoms with Crippen molar-refractivity contribution in [2.75, 3.05) is 0 Å². The monoisotopic (exact) mass is 432 g/mol. The van der Waals surface area contributed by atoms with Crippen LogP contribution in [-0.2, 0) is 13.7 Å². The van der Waals surface area contributed by atoms with Gasteiger partial charge in [0, 0.05) is 41.6 Å². The van der Waals surface area contributed by atoms with Crippen LogP contribution in [0.15, 0.2) is 42.9 Å². The average molecular weight is 434 g/mol. The Morgan fingerprint density at radius 3 is 2.50 bits per heavy atom. The highest BCUT2D eigenvalue weighted by atomic mass is 35.5. The third-order valence-corrected chi connectivity index (χ3v) is 5.43. The second-order valence-electron chi connectivity index (χ2n) is 6.30. The van der Waals surface area contributed by atoms with E-state index in [0.717, 1.165) is 28.0 Å². The molecule has 0 saturated carbocycles. The number of ether oxygens (including phenoxy) is 1. The topological polar surface area (TPSA) is 52.8 Å². The SMILES string of the molecule is Cc1cc(-c2ncc(Cl)n2C)c2cccc(OCc3c(Cl)cncc3Cl)c2n1. The van der Waals surface area contributed by atoms with E-state index in [1.165, 1.54) is 0 Å². The molecule has 0 radical (unpaired) electrons. The van der Waals surface area contributed by atoms with E-state index in [1.54, 1.807) is 18.6 Å². The van der Waals surface area contributed by atoms with Crippen LogP contribution in [0.4, 0.5) is 0 Å². The molecular weight excluding hydrogens is 419 g/mol. The van der Waals surface area contributed by atoms with Crippen LogP contribution in [0.1, 0.15) is 11.3 Å². The number of aromatic nitrogens is 4. The molecule has 0 N–H and O–H groups in total. The molecule has 3 heterocycles. The fourth-order valence-corrected chi connectivity index (χ4v) is 3.62. The highest BCUT2D eigenvalue weighted by molar-refractivity contribution is 6.35. The predicted octanol–water partition coefficient (Wildman–Crippen LogP) is 5.88. The molecule has 4 aromatic rings. The van der Waals surface area contributed by atoms with Crippen molar-refractivity contribution >= 4 is 45.7 Å². The summed E-state index contributed by atoms with van der Waals surface area (Å²) < 4.78 is 7.87. The molecule has 0 saturated heterocycles. The lowest BCUT2D eigenvalue weighted by molar-refractivity contribution is 0.309. The third-order valence-electron chi connectivity index (χ3n) is 4.43. The number of halogens is 3. The summed E-state index contributed by atoms with van der Waals surface area (Å²) in [6.07, 6.45) is 4.72. The maximum Gasteiger partial charge on any atom is 0.146 e. The number of hydrogen-bond donors (Lipinski definition) is 0. The normalized spacial score (nSPS) is 11.2. The van der Waals surface area contributed by atoms with Gasteiger partial charge in [-0.15, -0.1) is 0 Å². The molecule has 0 atom stereocenters. The van der Waals surface area contributed by atoms with E-state index >= 15 is 0 Å². The Hall–Kier alpha value is -2.34. The Morgan fingerprint density at radius 2 is 1.82 bits per heavy atom. The van der Waals surface area contributed by atoms with E-state index in [1.807, 2.05) is 42.8 Å². The molecule has 4 rings (SSSR count). The highest BCUT2D eigenvalue weighted by Gasteiger charge is 2.16. The zero-order valence-electron chi connectivity index (χ0n) is 15.1. The number of para-hydroxylation sites is 1. The summed E-state index contributed by atoms with van der Waals surface area (Å²) in [5.74, 6) is 1.39. The molecule has 3 aromatic heterocycles. The molecule has 5 nitrogen and oxygen atoms in total. The van der Waals surface area contributed by atoms with E-state index in [-0.39, 0.29) is 6.61 Å². The third kappa shape index (κ3) is 3.41. The van der Waals surface area contributed by atoms with Gasteiger partial charge in [-0.2, -0.15) is 0 Å². The van der Waals surface area contributed by atoms with Crippen molar-refractivity contribution in [3.63, 3.8) is 0 Å². The molecule has 0 unspecified atom stereocenters. The number of aryl methyl sites for hydroxylation is 1. The van der Waals surface area contributed by atoms with E-state index in [2.05, 4.69) is 15.0 Å². The van der Waals surface area contributed by atoms with Gasteiger partial charge < -0.3 is 9.30 Å². The average Bonchev–Trinajstić information content (AvgIpc) is 2.99. The van der Waals surface area contributed by atoms with Crippen LogP contribution >= 0.6 is 34.8 Å². The summed E-state index contributed by atoms with van der Waals surface area (Å²) in [5, 5.41) is 2.40. The van der Waals surface area contributed by atoms with Crippen LogP contribution in [0.5, 0.6) is 5.75 Å². The molecule has 0 bridgehead atoms. The number of rotatable bonds is 4. The van der Waals surface area contributed by atoms with Gasteiger partial charge >= 0.3 is 0 Å². The maximum atomic E-state index is 6.20. The van der Waals surface area contributed by atoms with Gasteiger partial charge in [-0.3, -0.25) is 4.98 Å². The number of imidazole rings is 1. The van der Waals surface area contributed by atoms with Crippen molar-refractivity contribution in [2.24, 2.45) is 7.05 Å². The molecule has 0 spiro atoms. The minimum atomic E-state index is 0.207. The van der Waals surface area contributed by atoms with Crippen molar-refractivity contribution < 1.29 is 4.74 Å². The fraction of sp³-hybridized carbons (Fsp3) is 0.150. The van der Waals surface area contributed by atoms with E-state index in [4.69, 9.17) is 39.5 Å². The van der Waals surface area contributed by atoms with Crippen molar-refractivity contribution in [3.8, 4) is 17.1 Å². The molecule has 0 aliphatic carbocycles. The van der Waals surface area contributed by atoms with Crippen molar-refractivity contribution in [3.05, 3.63) is 69.3 Å². The second-order valence-corrected chi connectivity index (χ2v) is 7.50. The molecule has 0 aliphatic heterocycles. The zero-order chi connectivity index (χ0) is 19.8. The van der Waals surface area contributed by atoms with E-state index in [9.17, 15) is 0 Å². The second kappa shape index (κ2) is 7.59. The van der Waals surface area contributed by atoms with Crippen molar-refractivity contribution in [1.82, 2.24) is 19.5 Å². The number of hydrogen-bond acceptors (Lipinski definition) is 4. The lowest BCUT2D eigenvalue weighted by atomic mass is 10.1. The highest BCUT2D eigenvalue weighted by Crippen LogP contribution is 2.34. The van der Waals surface area contributed by atoms with Gasteiger partial charge in [0.05, 0.1) is 16.2 Å². The summed E-state index contributed by atoms with van der Waals surface area (Å²) in [6.45, 7) is 2.14. The first-order chi connectivity index (χ1) is 13.5. The van der Waals surface area contributed by atoms with Gasteiger partial charge in [0.25, 0.3) is 0 Å². The summed E-state index contributed by atoms with van der Waals surface area (Å²) in [6, 6.07) is 7.76. The number of pyridine rings is 2. The van der Waals surface area contributed by atoms with Gasteiger partial charge in [-0.1, -0.05) is 46.9 Å². The number of fused-ring (bicyclic) bond motifs is 1. The van der Waals surface area contributed by atoms with Crippen LogP contribution in [-0.4, -0.2) is 19.5 Å². The lowest BCUT2D eigenvalue weighted by Gasteiger charge is -2.13. The van der Waals surface area contributed by atoms with Crippen molar-refractivity contribution in [2.45, 2.75) is 13.5 Å². The molecule has 142 valence electrons. The Kier molecular flexibility index (Phi) is 5.15. The first-order valence-electron chi connectivity index (χ1n) is 8.44. The number of benzene rings is 1. The lowest BCUT2D eigenvalue weighted by Crippen LogP contribution is -2.01. The minimum Gasteiger partial charge on any atom is -0.487 e. The predicted molar refractivity (Wildman–Crippen MR) is 112 cm³/mol. The Balaban J connectivity index is 1.80. The van der Waals surface area contributed by atoms with Crippen LogP contribution in [0.3, 0.4) is 0 Å². The maximum absolute atomic E-state index is 6.20. The molecule has 0 aliphatic rings. The Labute approximate surface area is 176 Å². The quantitative estimate of drug-likeness (QED) is 0.403. The molecule has 0 fully saturated rings.